The number of carboxylic acids is 1. The Morgan fingerprint density at radius 1 is 1.92 bits per heavy atom. The van der Waals surface area contributed by atoms with Crippen molar-refractivity contribution in [3.8, 4) is 6.07 Å². The third-order valence-corrected chi connectivity index (χ3v) is 1.36. The van der Waals surface area contributed by atoms with E-state index in [1.165, 1.54) is 13.3 Å². The molecule has 12 heavy (non-hydrogen) atoms. The Hall–Kier alpha value is -1.90. The molecular weight excluding hydrogens is 160 g/mol. The molecule has 1 heterocycles. The summed E-state index contributed by atoms with van der Waals surface area (Å²) >= 11 is 0. The first kappa shape index (κ1) is 8.20. The first-order valence-corrected chi connectivity index (χ1v) is 3.19. The molecule has 0 aliphatic carbocycles. The van der Waals surface area contributed by atoms with Crippen LogP contribution < -0.4 is 0 Å². The molecule has 0 radical (unpaired) electrons. The Labute approximate surface area is 68.1 Å². The second-order valence-corrected chi connectivity index (χ2v) is 2.17. The number of carbonyl (C=O) groups is 1. The van der Waals surface area contributed by atoms with E-state index in [-0.39, 0.29) is 5.82 Å². The first-order chi connectivity index (χ1) is 5.65. The lowest BCUT2D eigenvalue weighted by Gasteiger charge is -2.03. The van der Waals surface area contributed by atoms with Gasteiger partial charge in [-0.05, 0) is 6.92 Å². The van der Waals surface area contributed by atoms with Crippen LogP contribution in [0.4, 0.5) is 0 Å². The van der Waals surface area contributed by atoms with E-state index in [9.17, 15) is 4.79 Å². The van der Waals surface area contributed by atoms with E-state index >= 15 is 0 Å². The molecule has 0 amide bonds. The molecule has 0 aliphatic rings. The zero-order valence-electron chi connectivity index (χ0n) is 6.30. The first-order valence-electron chi connectivity index (χ1n) is 3.19. The van der Waals surface area contributed by atoms with Crippen LogP contribution in [-0.2, 0) is 4.79 Å². The van der Waals surface area contributed by atoms with Gasteiger partial charge in [0.25, 0.3) is 5.82 Å². The minimum absolute atomic E-state index is 0.0249. The molecular formula is C6H6N4O2. The van der Waals surface area contributed by atoms with E-state index in [2.05, 4.69) is 10.1 Å². The number of aromatic nitrogens is 3. The maximum Gasteiger partial charge on any atom is 0.328 e. The summed E-state index contributed by atoms with van der Waals surface area (Å²) in [6.45, 7) is 1.46. The molecule has 1 aromatic heterocycles. The van der Waals surface area contributed by atoms with E-state index in [0.717, 1.165) is 4.68 Å². The molecule has 0 fully saturated rings. The van der Waals surface area contributed by atoms with E-state index in [0.29, 0.717) is 0 Å². The molecule has 0 spiro atoms. The molecule has 1 rings (SSSR count). The third-order valence-electron chi connectivity index (χ3n) is 1.36. The highest BCUT2D eigenvalue weighted by molar-refractivity contribution is 5.71. The number of nitrogens with zero attached hydrogens (tertiary/aromatic N) is 4. The Morgan fingerprint density at radius 2 is 2.58 bits per heavy atom. The molecule has 62 valence electrons. The molecule has 0 saturated carbocycles. The summed E-state index contributed by atoms with van der Waals surface area (Å²) in [4.78, 5) is 14.0. The summed E-state index contributed by atoms with van der Waals surface area (Å²) in [6.07, 6.45) is 1.22. The van der Waals surface area contributed by atoms with Gasteiger partial charge >= 0.3 is 5.97 Å². The van der Waals surface area contributed by atoms with Gasteiger partial charge in [0.05, 0.1) is 0 Å². The highest BCUT2D eigenvalue weighted by atomic mass is 16.4. The van der Waals surface area contributed by atoms with Gasteiger partial charge in [-0.2, -0.15) is 5.26 Å². The predicted octanol–water partition coefficient (Wildman–Crippen LogP) is -0.205. The Balaban J connectivity index is 2.90. The number of carboxylic acid groups (broad SMARTS) is 1. The highest BCUT2D eigenvalue weighted by Crippen LogP contribution is 2.02. The Kier molecular flexibility index (Phi) is 2.05. The smallest absolute Gasteiger partial charge is 0.328 e. The summed E-state index contributed by atoms with van der Waals surface area (Å²) in [5, 5.41) is 20.5. The monoisotopic (exact) mass is 166 g/mol. The van der Waals surface area contributed by atoms with Crippen LogP contribution in [0.25, 0.3) is 0 Å². The number of aliphatic carboxylic acids is 1. The van der Waals surface area contributed by atoms with Crippen molar-refractivity contribution in [2.75, 3.05) is 0 Å². The van der Waals surface area contributed by atoms with Crippen molar-refractivity contribution in [2.45, 2.75) is 13.0 Å². The number of hydrogen-bond donors (Lipinski definition) is 1. The molecule has 0 bridgehead atoms. The fourth-order valence-corrected chi connectivity index (χ4v) is 0.626. The Bertz CT molecular complexity index is 338. The van der Waals surface area contributed by atoms with Crippen LogP contribution in [0.15, 0.2) is 6.33 Å². The largest absolute Gasteiger partial charge is 0.480 e. The summed E-state index contributed by atoms with van der Waals surface area (Å²) in [7, 11) is 0. The van der Waals surface area contributed by atoms with Crippen molar-refractivity contribution in [3.63, 3.8) is 0 Å². The van der Waals surface area contributed by atoms with Crippen molar-refractivity contribution in [2.24, 2.45) is 0 Å². The standard InChI is InChI=1S/C6H6N4O2/c1-4(6(11)12)10-3-8-5(2-7)9-10/h3-4H,1H3,(H,11,12). The minimum atomic E-state index is -1.01. The average molecular weight is 166 g/mol. The second kappa shape index (κ2) is 3.00. The molecule has 6 heteroatoms. The van der Waals surface area contributed by atoms with Crippen LogP contribution in [0, 0.1) is 11.3 Å². The van der Waals surface area contributed by atoms with E-state index in [1.807, 2.05) is 0 Å². The normalized spacial score (nSPS) is 12.0. The van der Waals surface area contributed by atoms with Gasteiger partial charge in [0.2, 0.25) is 0 Å². The zero-order chi connectivity index (χ0) is 9.14. The van der Waals surface area contributed by atoms with Gasteiger partial charge in [-0.25, -0.2) is 14.5 Å². The quantitative estimate of drug-likeness (QED) is 0.656. The van der Waals surface area contributed by atoms with E-state index in [4.69, 9.17) is 10.4 Å². The van der Waals surface area contributed by atoms with Crippen LogP contribution >= 0.6 is 0 Å². The lowest BCUT2D eigenvalue weighted by molar-refractivity contribution is -0.140. The third kappa shape index (κ3) is 1.40. The molecule has 1 unspecified atom stereocenters. The summed E-state index contributed by atoms with van der Waals surface area (Å²) in [5.41, 5.74) is 0. The Morgan fingerprint density at radius 3 is 3.00 bits per heavy atom. The van der Waals surface area contributed by atoms with Crippen LogP contribution in [0.1, 0.15) is 18.8 Å². The number of rotatable bonds is 2. The van der Waals surface area contributed by atoms with Crippen LogP contribution in [0.5, 0.6) is 0 Å². The topological polar surface area (TPSA) is 91.8 Å². The second-order valence-electron chi connectivity index (χ2n) is 2.17. The summed E-state index contributed by atoms with van der Waals surface area (Å²) in [5.74, 6) is -1.03. The van der Waals surface area contributed by atoms with E-state index in [1.54, 1.807) is 6.07 Å². The fraction of sp³-hybridized carbons (Fsp3) is 0.333. The van der Waals surface area contributed by atoms with Crippen molar-refractivity contribution in [3.05, 3.63) is 12.2 Å². The van der Waals surface area contributed by atoms with Crippen molar-refractivity contribution in [1.29, 1.82) is 5.26 Å². The number of nitriles is 1. The van der Waals surface area contributed by atoms with Crippen molar-refractivity contribution in [1.82, 2.24) is 14.8 Å². The van der Waals surface area contributed by atoms with Crippen molar-refractivity contribution >= 4 is 5.97 Å². The van der Waals surface area contributed by atoms with Gasteiger partial charge in [-0.15, -0.1) is 5.10 Å². The molecule has 1 atom stereocenters. The van der Waals surface area contributed by atoms with Crippen LogP contribution in [0.3, 0.4) is 0 Å². The van der Waals surface area contributed by atoms with E-state index < -0.39 is 12.0 Å². The van der Waals surface area contributed by atoms with Crippen molar-refractivity contribution < 1.29 is 9.90 Å². The van der Waals surface area contributed by atoms with Gasteiger partial charge in [0.15, 0.2) is 0 Å². The number of hydrogen-bond acceptors (Lipinski definition) is 4. The lowest BCUT2D eigenvalue weighted by atomic mass is 10.4. The molecule has 0 saturated heterocycles. The zero-order valence-corrected chi connectivity index (χ0v) is 6.30. The molecule has 0 aliphatic heterocycles. The molecule has 1 N–H and O–H groups in total. The molecule has 1 aromatic rings. The van der Waals surface area contributed by atoms with Gasteiger partial charge < -0.3 is 5.11 Å². The highest BCUT2D eigenvalue weighted by Gasteiger charge is 2.14. The average Bonchev–Trinajstić information content (AvgIpc) is 2.50. The predicted molar refractivity (Wildman–Crippen MR) is 37.1 cm³/mol. The van der Waals surface area contributed by atoms with Gasteiger partial charge in [0.1, 0.15) is 18.4 Å². The van der Waals surface area contributed by atoms with Gasteiger partial charge in [-0.3, -0.25) is 0 Å². The summed E-state index contributed by atoms with van der Waals surface area (Å²) < 4.78 is 1.13. The summed E-state index contributed by atoms with van der Waals surface area (Å²) in [6, 6.07) is 0.913. The van der Waals surface area contributed by atoms with Gasteiger partial charge in [-0.1, -0.05) is 0 Å². The van der Waals surface area contributed by atoms with Crippen LogP contribution in [-0.4, -0.2) is 25.8 Å². The molecule has 6 nitrogen and oxygen atoms in total. The maximum atomic E-state index is 10.4. The maximum absolute atomic E-state index is 10.4. The lowest BCUT2D eigenvalue weighted by Crippen LogP contribution is -2.15. The fourth-order valence-electron chi connectivity index (χ4n) is 0.626. The van der Waals surface area contributed by atoms with Gasteiger partial charge in [0, 0.05) is 0 Å². The minimum Gasteiger partial charge on any atom is -0.480 e. The SMILES string of the molecule is CC(C(=O)O)n1cnc(C#N)n1. The molecule has 0 aromatic carbocycles. The van der Waals surface area contributed by atoms with Crippen LogP contribution in [0.2, 0.25) is 0 Å².